The van der Waals surface area contributed by atoms with Crippen LogP contribution in [0.4, 0.5) is 20.7 Å². The van der Waals surface area contributed by atoms with Crippen molar-refractivity contribution in [3.8, 4) is 5.88 Å². The lowest BCUT2D eigenvalue weighted by Gasteiger charge is -2.38. The van der Waals surface area contributed by atoms with Crippen LogP contribution in [0.15, 0.2) is 30.3 Å². The Kier molecular flexibility index (Phi) is 8.75. The van der Waals surface area contributed by atoms with Crippen molar-refractivity contribution in [2.75, 3.05) is 32.1 Å². The fraction of sp³-hybridized carbons (Fsp3) is 0.562. The third kappa shape index (κ3) is 7.58. The molecule has 11 nitrogen and oxygen atoms in total. The summed E-state index contributed by atoms with van der Waals surface area (Å²) in [5.74, 6) is -0.0328. The van der Waals surface area contributed by atoms with E-state index in [1.807, 2.05) is 20.8 Å². The van der Waals surface area contributed by atoms with Gasteiger partial charge in [0.15, 0.2) is 17.2 Å². The fourth-order valence-corrected chi connectivity index (χ4v) is 5.21. The van der Waals surface area contributed by atoms with Crippen molar-refractivity contribution in [1.82, 2.24) is 19.5 Å². The van der Waals surface area contributed by atoms with Crippen LogP contribution in [0.5, 0.6) is 5.88 Å². The minimum Gasteiger partial charge on any atom is -0.477 e. The number of rotatable bonds is 8. The van der Waals surface area contributed by atoms with Crippen molar-refractivity contribution in [2.45, 2.75) is 84.0 Å². The average Bonchev–Trinajstić information content (AvgIpc) is 3.70. The number of aromatic nitrogens is 3. The van der Waals surface area contributed by atoms with Crippen LogP contribution in [0.25, 0.3) is 5.65 Å². The summed E-state index contributed by atoms with van der Waals surface area (Å²) in [6, 6.07) is 7.66. The van der Waals surface area contributed by atoms with E-state index in [1.54, 1.807) is 44.9 Å². The van der Waals surface area contributed by atoms with Crippen molar-refractivity contribution in [3.05, 3.63) is 47.4 Å². The molecule has 0 bridgehead atoms. The first-order valence-corrected chi connectivity index (χ1v) is 15.0. The maximum Gasteiger partial charge on any atom is 0.410 e. The molecule has 1 aliphatic carbocycles. The van der Waals surface area contributed by atoms with Gasteiger partial charge < -0.3 is 29.2 Å². The number of anilines is 2. The zero-order valence-corrected chi connectivity index (χ0v) is 26.5. The minimum atomic E-state index is -0.739. The lowest BCUT2D eigenvalue weighted by atomic mass is 9.95. The lowest BCUT2D eigenvalue weighted by Crippen LogP contribution is -2.50. The largest absolute Gasteiger partial charge is 0.477 e. The van der Waals surface area contributed by atoms with Crippen molar-refractivity contribution < 1.29 is 32.9 Å². The molecule has 0 spiro atoms. The molecule has 2 fully saturated rings. The van der Waals surface area contributed by atoms with Crippen molar-refractivity contribution in [1.29, 1.82) is 0 Å². The Morgan fingerprint density at radius 3 is 2.41 bits per heavy atom. The smallest absolute Gasteiger partial charge is 0.410 e. The van der Waals surface area contributed by atoms with Gasteiger partial charge in [-0.3, -0.25) is 0 Å². The Morgan fingerprint density at radius 2 is 1.77 bits per heavy atom. The third-order valence-electron chi connectivity index (χ3n) is 7.38. The number of fused-ring (bicyclic) bond motifs is 1. The van der Waals surface area contributed by atoms with Crippen molar-refractivity contribution in [3.63, 3.8) is 0 Å². The van der Waals surface area contributed by atoms with Gasteiger partial charge in [-0.2, -0.15) is 4.98 Å². The van der Waals surface area contributed by atoms with Crippen LogP contribution in [-0.2, 0) is 14.2 Å². The van der Waals surface area contributed by atoms with Gasteiger partial charge in [0.1, 0.15) is 17.0 Å². The van der Waals surface area contributed by atoms with E-state index in [-0.39, 0.29) is 48.0 Å². The van der Waals surface area contributed by atoms with Gasteiger partial charge in [-0.1, -0.05) is 6.07 Å². The normalized spacial score (nSPS) is 19.1. The summed E-state index contributed by atoms with van der Waals surface area (Å²) in [7, 11) is 1.61. The van der Waals surface area contributed by atoms with Crippen LogP contribution < -0.4 is 10.1 Å². The van der Waals surface area contributed by atoms with Crippen LogP contribution in [0.1, 0.15) is 82.8 Å². The van der Waals surface area contributed by atoms with Crippen LogP contribution >= 0.6 is 0 Å². The molecule has 0 unspecified atom stereocenters. The first-order chi connectivity index (χ1) is 20.7. The highest BCUT2D eigenvalue weighted by Gasteiger charge is 2.36. The van der Waals surface area contributed by atoms with Crippen LogP contribution in [0, 0.1) is 11.7 Å². The molecular formula is C32H42FN5O6. The molecule has 1 aliphatic heterocycles. The molecule has 1 saturated carbocycles. The molecule has 1 N–H and O–H groups in total. The number of ether oxygens (including phenoxy) is 4. The summed E-state index contributed by atoms with van der Waals surface area (Å²) in [6.07, 6.45) is 1.88. The summed E-state index contributed by atoms with van der Waals surface area (Å²) in [5.41, 5.74) is 0.690. The van der Waals surface area contributed by atoms with Gasteiger partial charge in [0, 0.05) is 36.9 Å². The Bertz CT molecular complexity index is 1520. The van der Waals surface area contributed by atoms with Gasteiger partial charge in [-0.05, 0) is 84.9 Å². The number of halogens is 1. The van der Waals surface area contributed by atoms with Crippen molar-refractivity contribution >= 4 is 29.2 Å². The number of esters is 1. The molecule has 12 heteroatoms. The number of methoxy groups -OCH3 is 1. The van der Waals surface area contributed by atoms with Crippen LogP contribution in [-0.4, -0.2) is 75.7 Å². The van der Waals surface area contributed by atoms with Gasteiger partial charge in [-0.15, -0.1) is 5.10 Å². The molecule has 1 aromatic carbocycles. The molecule has 1 amide bonds. The third-order valence-corrected chi connectivity index (χ3v) is 7.38. The quantitative estimate of drug-likeness (QED) is 0.302. The van der Waals surface area contributed by atoms with E-state index in [1.165, 1.54) is 22.7 Å². The number of hydrogen-bond acceptors (Lipinski definition) is 9. The van der Waals surface area contributed by atoms with Gasteiger partial charge in [0.25, 0.3) is 0 Å². The monoisotopic (exact) mass is 611 g/mol. The molecule has 0 radical (unpaired) electrons. The Morgan fingerprint density at radius 1 is 1.05 bits per heavy atom. The van der Waals surface area contributed by atoms with Gasteiger partial charge in [0.05, 0.1) is 19.3 Å². The number of nitrogens with zero attached hydrogens (tertiary/aromatic N) is 4. The van der Waals surface area contributed by atoms with E-state index in [0.717, 1.165) is 18.4 Å². The standard InChI is InChI=1S/C32H42FN5O6/c1-31(2,3)43-29(39)23-16-25(42-18-20-13-14-37(17-24(20)41-7)30(40)44-32(4,5)6)35-28-26(19-11-12-19)27(36-38(23)28)34-22-10-8-9-21(33)15-22/h8-10,15-16,19-20,24H,11-14,17-18H2,1-7H3,(H,34,36)/t20-,24+/m0/s1. The highest BCUT2D eigenvalue weighted by Crippen LogP contribution is 2.46. The van der Waals surface area contributed by atoms with Crippen LogP contribution in [0.2, 0.25) is 0 Å². The summed E-state index contributed by atoms with van der Waals surface area (Å²) in [4.78, 5) is 32.5. The number of benzene rings is 1. The molecule has 3 heterocycles. The second-order valence-corrected chi connectivity index (χ2v) is 13.4. The maximum atomic E-state index is 14.0. The number of likely N-dealkylation sites (tertiary alicyclic amines) is 1. The molecular weight excluding hydrogens is 569 g/mol. The lowest BCUT2D eigenvalue weighted by molar-refractivity contribution is -0.0384. The predicted molar refractivity (Wildman–Crippen MR) is 162 cm³/mol. The molecule has 3 aromatic rings. The number of nitrogens with one attached hydrogen (secondary N) is 1. The number of amides is 1. The molecule has 2 atom stereocenters. The first-order valence-electron chi connectivity index (χ1n) is 15.0. The summed E-state index contributed by atoms with van der Waals surface area (Å²) in [5, 5.41) is 7.93. The SMILES string of the molecule is CO[C@@H]1CN(C(=O)OC(C)(C)C)CC[C@H]1COc1cc(C(=O)OC(C)(C)C)n2nc(Nc3cccc(F)c3)c(C3CC3)c2n1. The van der Waals surface area contributed by atoms with Gasteiger partial charge >= 0.3 is 12.1 Å². The zero-order chi connectivity index (χ0) is 31.8. The zero-order valence-electron chi connectivity index (χ0n) is 26.5. The maximum absolute atomic E-state index is 14.0. The Balaban J connectivity index is 1.43. The van der Waals surface area contributed by atoms with Crippen LogP contribution in [0.3, 0.4) is 0 Å². The molecule has 1 saturated heterocycles. The summed E-state index contributed by atoms with van der Waals surface area (Å²) < 4.78 is 38.7. The first kappa shape index (κ1) is 31.5. The molecule has 2 aromatic heterocycles. The molecule has 238 valence electrons. The molecule has 44 heavy (non-hydrogen) atoms. The molecule has 5 rings (SSSR count). The number of carbonyl (C=O) groups excluding carboxylic acids is 2. The second-order valence-electron chi connectivity index (χ2n) is 13.4. The number of piperidine rings is 1. The molecule has 2 aliphatic rings. The van der Waals surface area contributed by atoms with E-state index in [0.29, 0.717) is 36.7 Å². The summed E-state index contributed by atoms with van der Waals surface area (Å²) >= 11 is 0. The Labute approximate surface area is 257 Å². The minimum absolute atomic E-state index is 0.0280. The predicted octanol–water partition coefficient (Wildman–Crippen LogP) is 6.10. The number of hydrogen-bond donors (Lipinski definition) is 1. The number of carbonyl (C=O) groups is 2. The van der Waals surface area contributed by atoms with E-state index < -0.39 is 17.2 Å². The van der Waals surface area contributed by atoms with Gasteiger partial charge in [-0.25, -0.2) is 18.5 Å². The Hall–Kier alpha value is -3.93. The van der Waals surface area contributed by atoms with Gasteiger partial charge in [0.2, 0.25) is 5.88 Å². The topological polar surface area (TPSA) is 117 Å². The average molecular weight is 612 g/mol. The van der Waals surface area contributed by atoms with E-state index in [9.17, 15) is 14.0 Å². The second kappa shape index (κ2) is 12.2. The fourth-order valence-electron chi connectivity index (χ4n) is 5.21. The van der Waals surface area contributed by atoms with E-state index in [2.05, 4.69) is 5.32 Å². The highest BCUT2D eigenvalue weighted by atomic mass is 19.1. The van der Waals surface area contributed by atoms with E-state index in [4.69, 9.17) is 29.0 Å². The van der Waals surface area contributed by atoms with Crippen molar-refractivity contribution in [2.24, 2.45) is 5.92 Å². The highest BCUT2D eigenvalue weighted by molar-refractivity contribution is 5.89. The summed E-state index contributed by atoms with van der Waals surface area (Å²) in [6.45, 7) is 12.0. The van der Waals surface area contributed by atoms with E-state index >= 15 is 0 Å².